The van der Waals surface area contributed by atoms with Gasteiger partial charge in [-0.05, 0) is 20.0 Å². The monoisotopic (exact) mass is 265 g/mol. The number of methoxy groups -OCH3 is 1. The summed E-state index contributed by atoms with van der Waals surface area (Å²) in [6, 6.07) is 0. The van der Waals surface area contributed by atoms with Crippen molar-refractivity contribution in [3.8, 4) is 0 Å². The molecule has 0 aliphatic carbocycles. The molecule has 17 heavy (non-hydrogen) atoms. The molecule has 0 saturated carbocycles. The highest BCUT2D eigenvalue weighted by molar-refractivity contribution is 5.85. The Morgan fingerprint density at radius 2 is 2.06 bits per heavy atom. The maximum Gasteiger partial charge on any atom is 0.236 e. The predicted octanol–water partition coefficient (Wildman–Crippen LogP) is -0.192. The Morgan fingerprint density at radius 1 is 1.29 bits per heavy atom. The van der Waals surface area contributed by atoms with E-state index < -0.39 is 0 Å². The SMILES string of the molecule is CNCC(=O)N1CCCN(CCOC)CC1.Cl. The quantitative estimate of drug-likeness (QED) is 0.748. The molecule has 1 aliphatic rings. The molecule has 0 aromatic heterocycles. The van der Waals surface area contributed by atoms with Crippen LogP contribution in [-0.4, -0.2) is 75.7 Å². The van der Waals surface area contributed by atoms with Gasteiger partial charge in [0.15, 0.2) is 0 Å². The summed E-state index contributed by atoms with van der Waals surface area (Å²) in [4.78, 5) is 16.0. The third-order valence-corrected chi connectivity index (χ3v) is 2.88. The van der Waals surface area contributed by atoms with Crippen LogP contribution in [0.4, 0.5) is 0 Å². The fraction of sp³-hybridized carbons (Fsp3) is 0.909. The van der Waals surface area contributed by atoms with Gasteiger partial charge in [-0.1, -0.05) is 0 Å². The molecule has 0 aromatic carbocycles. The van der Waals surface area contributed by atoms with Crippen LogP contribution in [0.2, 0.25) is 0 Å². The van der Waals surface area contributed by atoms with Crippen molar-refractivity contribution < 1.29 is 9.53 Å². The molecule has 0 unspecified atom stereocenters. The first-order chi connectivity index (χ1) is 7.77. The van der Waals surface area contributed by atoms with Crippen LogP contribution in [0.25, 0.3) is 0 Å². The number of carbonyl (C=O) groups excluding carboxylic acids is 1. The van der Waals surface area contributed by atoms with E-state index in [1.807, 2.05) is 4.90 Å². The van der Waals surface area contributed by atoms with Gasteiger partial charge in [0.1, 0.15) is 0 Å². The van der Waals surface area contributed by atoms with E-state index in [1.165, 1.54) is 0 Å². The second-order valence-electron chi connectivity index (χ2n) is 4.10. The van der Waals surface area contributed by atoms with Gasteiger partial charge < -0.3 is 15.0 Å². The highest BCUT2D eigenvalue weighted by Crippen LogP contribution is 2.02. The van der Waals surface area contributed by atoms with E-state index in [0.717, 1.165) is 45.8 Å². The molecule has 1 saturated heterocycles. The first kappa shape index (κ1) is 16.6. The van der Waals surface area contributed by atoms with E-state index in [-0.39, 0.29) is 18.3 Å². The van der Waals surface area contributed by atoms with Crippen LogP contribution < -0.4 is 5.32 Å². The Labute approximate surface area is 110 Å². The minimum Gasteiger partial charge on any atom is -0.383 e. The first-order valence-corrected chi connectivity index (χ1v) is 5.91. The smallest absolute Gasteiger partial charge is 0.236 e. The van der Waals surface area contributed by atoms with Crippen LogP contribution in [0.15, 0.2) is 0 Å². The van der Waals surface area contributed by atoms with Crippen molar-refractivity contribution in [1.82, 2.24) is 15.1 Å². The summed E-state index contributed by atoms with van der Waals surface area (Å²) in [6.45, 7) is 5.91. The zero-order chi connectivity index (χ0) is 11.8. The molecule has 1 rings (SSSR count). The maximum absolute atomic E-state index is 11.7. The molecule has 0 spiro atoms. The topological polar surface area (TPSA) is 44.8 Å². The number of nitrogens with zero attached hydrogens (tertiary/aromatic N) is 2. The normalized spacial score (nSPS) is 17.4. The lowest BCUT2D eigenvalue weighted by Gasteiger charge is -2.21. The molecule has 1 aliphatic heterocycles. The van der Waals surface area contributed by atoms with Gasteiger partial charge in [0.25, 0.3) is 0 Å². The summed E-state index contributed by atoms with van der Waals surface area (Å²) in [5.41, 5.74) is 0. The number of hydrogen-bond donors (Lipinski definition) is 1. The number of rotatable bonds is 5. The lowest BCUT2D eigenvalue weighted by atomic mass is 10.3. The summed E-state index contributed by atoms with van der Waals surface area (Å²) in [5, 5.41) is 2.91. The lowest BCUT2D eigenvalue weighted by Crippen LogP contribution is -2.39. The van der Waals surface area contributed by atoms with Gasteiger partial charge in [0, 0.05) is 33.3 Å². The number of ether oxygens (including phenoxy) is 1. The second kappa shape index (κ2) is 9.65. The van der Waals surface area contributed by atoms with E-state index in [4.69, 9.17) is 4.74 Å². The summed E-state index contributed by atoms with van der Waals surface area (Å²) in [6.07, 6.45) is 1.05. The van der Waals surface area contributed by atoms with Crippen LogP contribution in [-0.2, 0) is 9.53 Å². The zero-order valence-electron chi connectivity index (χ0n) is 10.8. The number of carbonyl (C=O) groups is 1. The molecule has 1 amide bonds. The Hall–Kier alpha value is -0.360. The Morgan fingerprint density at radius 3 is 2.71 bits per heavy atom. The van der Waals surface area contributed by atoms with Crippen molar-refractivity contribution in [2.75, 3.05) is 60.0 Å². The van der Waals surface area contributed by atoms with Gasteiger partial charge in [-0.25, -0.2) is 0 Å². The first-order valence-electron chi connectivity index (χ1n) is 5.91. The molecule has 0 bridgehead atoms. The van der Waals surface area contributed by atoms with Crippen molar-refractivity contribution in [3.63, 3.8) is 0 Å². The zero-order valence-corrected chi connectivity index (χ0v) is 11.6. The number of amides is 1. The van der Waals surface area contributed by atoms with Crippen LogP contribution in [0, 0.1) is 0 Å². The highest BCUT2D eigenvalue weighted by atomic mass is 35.5. The van der Waals surface area contributed by atoms with Crippen molar-refractivity contribution in [1.29, 1.82) is 0 Å². The van der Waals surface area contributed by atoms with Gasteiger partial charge in [0.2, 0.25) is 5.91 Å². The van der Waals surface area contributed by atoms with Crippen molar-refractivity contribution >= 4 is 18.3 Å². The molecule has 1 fully saturated rings. The molecule has 6 heteroatoms. The number of halogens is 1. The number of nitrogens with one attached hydrogen (secondary N) is 1. The Kier molecular flexibility index (Phi) is 9.44. The van der Waals surface area contributed by atoms with E-state index in [0.29, 0.717) is 6.54 Å². The molecule has 1 N–H and O–H groups in total. The molecule has 0 atom stereocenters. The van der Waals surface area contributed by atoms with Crippen molar-refractivity contribution in [2.24, 2.45) is 0 Å². The fourth-order valence-electron chi connectivity index (χ4n) is 1.93. The third kappa shape index (κ3) is 6.21. The number of likely N-dealkylation sites (N-methyl/N-ethyl adjacent to an activating group) is 1. The van der Waals surface area contributed by atoms with Gasteiger partial charge >= 0.3 is 0 Å². The molecule has 0 aromatic rings. The van der Waals surface area contributed by atoms with Crippen molar-refractivity contribution in [3.05, 3.63) is 0 Å². The average Bonchev–Trinajstić information content (AvgIpc) is 2.52. The van der Waals surface area contributed by atoms with Crippen molar-refractivity contribution in [2.45, 2.75) is 6.42 Å². The molecule has 0 radical (unpaired) electrons. The van der Waals surface area contributed by atoms with Gasteiger partial charge in [0.05, 0.1) is 13.2 Å². The molecular formula is C11H24ClN3O2. The minimum absolute atomic E-state index is 0. The molecule has 5 nitrogen and oxygen atoms in total. The Bertz CT molecular complexity index is 217. The van der Waals surface area contributed by atoms with Crippen LogP contribution in [0.3, 0.4) is 0 Å². The number of hydrogen-bond acceptors (Lipinski definition) is 4. The van der Waals surface area contributed by atoms with Crippen LogP contribution >= 0.6 is 12.4 Å². The average molecular weight is 266 g/mol. The lowest BCUT2D eigenvalue weighted by molar-refractivity contribution is -0.130. The van der Waals surface area contributed by atoms with Gasteiger partial charge in [-0.15, -0.1) is 12.4 Å². The maximum atomic E-state index is 11.7. The largest absolute Gasteiger partial charge is 0.383 e. The second-order valence-corrected chi connectivity index (χ2v) is 4.10. The predicted molar refractivity (Wildman–Crippen MR) is 70.7 cm³/mol. The Balaban J connectivity index is 0.00000256. The minimum atomic E-state index is 0. The van der Waals surface area contributed by atoms with Crippen LogP contribution in [0.1, 0.15) is 6.42 Å². The summed E-state index contributed by atoms with van der Waals surface area (Å²) < 4.78 is 5.07. The van der Waals surface area contributed by atoms with E-state index in [1.54, 1.807) is 14.2 Å². The summed E-state index contributed by atoms with van der Waals surface area (Å²) in [7, 11) is 3.53. The standard InChI is InChI=1S/C11H23N3O2.ClH/c1-12-10-11(15)14-5-3-4-13(6-7-14)8-9-16-2;/h12H,3-10H2,1-2H3;1H. The molecule has 102 valence electrons. The fourth-order valence-corrected chi connectivity index (χ4v) is 1.93. The third-order valence-electron chi connectivity index (χ3n) is 2.88. The van der Waals surface area contributed by atoms with E-state index in [9.17, 15) is 4.79 Å². The van der Waals surface area contributed by atoms with Gasteiger partial charge in [-0.3, -0.25) is 9.69 Å². The van der Waals surface area contributed by atoms with Gasteiger partial charge in [-0.2, -0.15) is 0 Å². The summed E-state index contributed by atoms with van der Waals surface area (Å²) in [5.74, 6) is 0.205. The highest BCUT2D eigenvalue weighted by Gasteiger charge is 2.17. The van der Waals surface area contributed by atoms with E-state index >= 15 is 0 Å². The summed E-state index contributed by atoms with van der Waals surface area (Å²) >= 11 is 0. The molecular weight excluding hydrogens is 242 g/mol. The van der Waals surface area contributed by atoms with E-state index in [2.05, 4.69) is 10.2 Å². The van der Waals surface area contributed by atoms with Crippen LogP contribution in [0.5, 0.6) is 0 Å². The molecule has 1 heterocycles.